The Balaban J connectivity index is 2.58. The van der Waals surface area contributed by atoms with E-state index in [9.17, 15) is 8.42 Å². The molecule has 3 nitrogen and oxygen atoms in total. The van der Waals surface area contributed by atoms with E-state index in [1.54, 1.807) is 6.08 Å². The van der Waals surface area contributed by atoms with Crippen molar-refractivity contribution < 1.29 is 8.42 Å². The van der Waals surface area contributed by atoms with Gasteiger partial charge in [-0.3, -0.25) is 0 Å². The van der Waals surface area contributed by atoms with Crippen LogP contribution in [0.4, 0.5) is 0 Å². The Morgan fingerprint density at radius 2 is 1.93 bits per heavy atom. The molecule has 2 aromatic rings. The van der Waals surface area contributed by atoms with Crippen LogP contribution in [0.5, 0.6) is 0 Å². The van der Waals surface area contributed by atoms with Gasteiger partial charge >= 0.3 is 0 Å². The zero-order valence-electron chi connectivity index (χ0n) is 7.19. The zero-order chi connectivity index (χ0) is 9.76. The number of fused-ring (bicyclic) bond motifs is 3. The van der Waals surface area contributed by atoms with Gasteiger partial charge < -0.3 is 4.98 Å². The van der Waals surface area contributed by atoms with Gasteiger partial charge in [0.1, 0.15) is 4.90 Å². The van der Waals surface area contributed by atoms with E-state index in [-0.39, 0.29) is 0 Å². The van der Waals surface area contributed by atoms with Gasteiger partial charge in [0.15, 0.2) is 0 Å². The van der Waals surface area contributed by atoms with Crippen LogP contribution in [0.25, 0.3) is 17.0 Å². The fourth-order valence-electron chi connectivity index (χ4n) is 1.79. The van der Waals surface area contributed by atoms with Gasteiger partial charge in [-0.05, 0) is 12.1 Å². The van der Waals surface area contributed by atoms with Crippen molar-refractivity contribution in [2.75, 3.05) is 0 Å². The van der Waals surface area contributed by atoms with Crippen LogP contribution in [-0.4, -0.2) is 13.4 Å². The SMILES string of the molecule is O=S1(=O)C=Cc2[nH]c3ccccc3c21. The number of hydrogen-bond acceptors (Lipinski definition) is 2. The van der Waals surface area contributed by atoms with E-state index < -0.39 is 9.84 Å². The highest BCUT2D eigenvalue weighted by atomic mass is 32.2. The molecule has 0 unspecified atom stereocenters. The highest BCUT2D eigenvalue weighted by molar-refractivity contribution is 7.95. The van der Waals surface area contributed by atoms with Crippen molar-refractivity contribution in [2.45, 2.75) is 4.90 Å². The van der Waals surface area contributed by atoms with E-state index in [1.165, 1.54) is 5.41 Å². The number of H-pyrrole nitrogens is 1. The molecule has 0 radical (unpaired) electrons. The predicted molar refractivity (Wildman–Crippen MR) is 54.5 cm³/mol. The lowest BCUT2D eigenvalue weighted by molar-refractivity contribution is 0.606. The minimum atomic E-state index is -3.20. The summed E-state index contributed by atoms with van der Waals surface area (Å²) in [6, 6.07) is 7.40. The Bertz CT molecular complexity index is 650. The molecule has 4 heteroatoms. The monoisotopic (exact) mass is 205 g/mol. The largest absolute Gasteiger partial charge is 0.354 e. The molecule has 1 aliphatic heterocycles. The lowest BCUT2D eigenvalue weighted by Crippen LogP contribution is -1.90. The van der Waals surface area contributed by atoms with Crippen LogP contribution in [0.15, 0.2) is 34.6 Å². The van der Waals surface area contributed by atoms with Crippen LogP contribution in [-0.2, 0) is 9.84 Å². The van der Waals surface area contributed by atoms with E-state index in [2.05, 4.69) is 4.98 Å². The first-order chi connectivity index (χ1) is 6.68. The van der Waals surface area contributed by atoms with Gasteiger partial charge in [0.25, 0.3) is 0 Å². The third-order valence-electron chi connectivity index (χ3n) is 2.38. The third-order valence-corrected chi connectivity index (χ3v) is 3.89. The maximum atomic E-state index is 11.6. The number of benzene rings is 1. The van der Waals surface area contributed by atoms with Gasteiger partial charge in [-0.15, -0.1) is 0 Å². The standard InChI is InChI=1S/C10H7NO2S/c12-14(13)6-5-9-10(14)7-3-1-2-4-8(7)11-9/h1-6,11H. The van der Waals surface area contributed by atoms with Crippen molar-refractivity contribution in [3.05, 3.63) is 35.4 Å². The summed E-state index contributed by atoms with van der Waals surface area (Å²) in [6.45, 7) is 0. The molecule has 14 heavy (non-hydrogen) atoms. The van der Waals surface area contributed by atoms with Crippen LogP contribution < -0.4 is 0 Å². The number of aromatic amines is 1. The Kier molecular flexibility index (Phi) is 1.27. The molecule has 1 aliphatic rings. The normalized spacial score (nSPS) is 17.4. The second kappa shape index (κ2) is 2.27. The van der Waals surface area contributed by atoms with E-state index >= 15 is 0 Å². The first kappa shape index (κ1) is 7.82. The second-order valence-electron chi connectivity index (χ2n) is 3.26. The summed E-state index contributed by atoms with van der Waals surface area (Å²) in [6.07, 6.45) is 1.60. The highest BCUT2D eigenvalue weighted by Crippen LogP contribution is 2.33. The average Bonchev–Trinajstić information content (AvgIpc) is 2.65. The number of hydrogen-bond donors (Lipinski definition) is 1. The second-order valence-corrected chi connectivity index (χ2v) is 5.03. The van der Waals surface area contributed by atoms with Crippen molar-refractivity contribution in [3.63, 3.8) is 0 Å². The van der Waals surface area contributed by atoms with E-state index in [0.717, 1.165) is 10.9 Å². The van der Waals surface area contributed by atoms with Gasteiger partial charge in [0.05, 0.1) is 5.69 Å². The minimum Gasteiger partial charge on any atom is -0.354 e. The summed E-state index contributed by atoms with van der Waals surface area (Å²) in [5.74, 6) is 0. The van der Waals surface area contributed by atoms with Crippen molar-refractivity contribution in [3.8, 4) is 0 Å². The molecule has 0 saturated heterocycles. The molecule has 70 valence electrons. The summed E-state index contributed by atoms with van der Waals surface area (Å²) in [5, 5.41) is 2.01. The van der Waals surface area contributed by atoms with Crippen molar-refractivity contribution in [1.82, 2.24) is 4.98 Å². The number of aromatic nitrogens is 1. The molecule has 1 aromatic heterocycles. The summed E-state index contributed by atoms with van der Waals surface area (Å²) in [7, 11) is -3.20. The molecule has 0 amide bonds. The Morgan fingerprint density at radius 1 is 1.14 bits per heavy atom. The number of rotatable bonds is 0. The molecule has 0 aliphatic carbocycles. The lowest BCUT2D eigenvalue weighted by Gasteiger charge is -1.92. The minimum absolute atomic E-state index is 0.410. The summed E-state index contributed by atoms with van der Waals surface area (Å²) < 4.78 is 23.2. The van der Waals surface area contributed by atoms with Crippen LogP contribution >= 0.6 is 0 Å². The smallest absolute Gasteiger partial charge is 0.202 e. The number of para-hydroxylation sites is 1. The average molecular weight is 205 g/mol. The molecular weight excluding hydrogens is 198 g/mol. The van der Waals surface area contributed by atoms with Crippen molar-refractivity contribution in [2.24, 2.45) is 0 Å². The first-order valence-corrected chi connectivity index (χ1v) is 5.77. The molecule has 3 rings (SSSR count). The van der Waals surface area contributed by atoms with Gasteiger partial charge in [-0.25, -0.2) is 8.42 Å². The van der Waals surface area contributed by atoms with E-state index in [4.69, 9.17) is 0 Å². The first-order valence-electron chi connectivity index (χ1n) is 4.22. The van der Waals surface area contributed by atoms with Crippen LogP contribution in [0.1, 0.15) is 5.69 Å². The van der Waals surface area contributed by atoms with Crippen molar-refractivity contribution in [1.29, 1.82) is 0 Å². The van der Waals surface area contributed by atoms with E-state index in [0.29, 0.717) is 10.6 Å². The van der Waals surface area contributed by atoms with Gasteiger partial charge in [-0.2, -0.15) is 0 Å². The Labute approximate surface area is 81.0 Å². The Hall–Kier alpha value is -1.55. The van der Waals surface area contributed by atoms with Crippen molar-refractivity contribution >= 4 is 26.8 Å². The fourth-order valence-corrected chi connectivity index (χ4v) is 3.15. The maximum Gasteiger partial charge on any atom is 0.202 e. The molecule has 1 N–H and O–H groups in total. The van der Waals surface area contributed by atoms with Gasteiger partial charge in [-0.1, -0.05) is 18.2 Å². The molecule has 0 bridgehead atoms. The summed E-state index contributed by atoms with van der Waals surface area (Å²) >= 11 is 0. The number of sulfone groups is 1. The van der Waals surface area contributed by atoms with Crippen LogP contribution in [0.2, 0.25) is 0 Å². The molecule has 0 spiro atoms. The maximum absolute atomic E-state index is 11.6. The molecular formula is C10H7NO2S. The fraction of sp³-hybridized carbons (Fsp3) is 0. The molecule has 1 aromatic carbocycles. The Morgan fingerprint density at radius 3 is 2.79 bits per heavy atom. The predicted octanol–water partition coefficient (Wildman–Crippen LogP) is 1.93. The number of nitrogens with one attached hydrogen (secondary N) is 1. The van der Waals surface area contributed by atoms with Gasteiger partial charge in [0.2, 0.25) is 9.84 Å². The van der Waals surface area contributed by atoms with Crippen LogP contribution in [0, 0.1) is 0 Å². The highest BCUT2D eigenvalue weighted by Gasteiger charge is 2.25. The van der Waals surface area contributed by atoms with Gasteiger partial charge in [0, 0.05) is 16.3 Å². The topological polar surface area (TPSA) is 49.9 Å². The summed E-state index contributed by atoms with van der Waals surface area (Å²) in [5.41, 5.74) is 1.55. The molecule has 0 fully saturated rings. The zero-order valence-corrected chi connectivity index (χ0v) is 8.01. The van der Waals surface area contributed by atoms with Crippen LogP contribution in [0.3, 0.4) is 0 Å². The molecule has 0 atom stereocenters. The lowest BCUT2D eigenvalue weighted by atomic mass is 10.2. The summed E-state index contributed by atoms with van der Waals surface area (Å²) in [4.78, 5) is 3.48. The quantitative estimate of drug-likeness (QED) is 0.714. The van der Waals surface area contributed by atoms with E-state index in [1.807, 2.05) is 24.3 Å². The molecule has 0 saturated carbocycles. The molecule has 2 heterocycles. The third kappa shape index (κ3) is 0.834.